The summed E-state index contributed by atoms with van der Waals surface area (Å²) in [5.41, 5.74) is 1.77. The number of ether oxygens (including phenoxy) is 1. The summed E-state index contributed by atoms with van der Waals surface area (Å²) in [5, 5.41) is 15.7. The molecule has 170 valence electrons. The monoisotopic (exact) mass is 490 g/mol. The van der Waals surface area contributed by atoms with Gasteiger partial charge in [-0.3, -0.25) is 10.2 Å². The van der Waals surface area contributed by atoms with E-state index in [2.05, 4.69) is 28.3 Å². The van der Waals surface area contributed by atoms with E-state index in [1.54, 1.807) is 24.3 Å². The predicted molar refractivity (Wildman–Crippen MR) is 135 cm³/mol. The maximum Gasteiger partial charge on any atom is 0.283 e. The van der Waals surface area contributed by atoms with Gasteiger partial charge in [-0.05, 0) is 51.9 Å². The van der Waals surface area contributed by atoms with Crippen molar-refractivity contribution in [2.24, 2.45) is 10.1 Å². The second-order valence-electron chi connectivity index (χ2n) is 7.65. The lowest BCUT2D eigenvalue weighted by Crippen LogP contribution is -2.35. The molecule has 0 spiro atoms. The van der Waals surface area contributed by atoms with Crippen LogP contribution >= 0.6 is 11.8 Å². The van der Waals surface area contributed by atoms with Crippen molar-refractivity contribution in [1.82, 2.24) is 5.01 Å². The number of thioether (sulfide) groups is 1. The Morgan fingerprint density at radius 3 is 2.56 bits per heavy atom. The molecule has 2 aliphatic heterocycles. The molecular weight excluding hydrogens is 472 g/mol. The molecule has 2 heterocycles. The third-order valence-electron chi connectivity index (χ3n) is 5.22. The van der Waals surface area contributed by atoms with Gasteiger partial charge in [0, 0.05) is 6.26 Å². The van der Waals surface area contributed by atoms with E-state index >= 15 is 0 Å². The molecule has 0 aliphatic carbocycles. The molecule has 1 amide bonds. The molecule has 0 unspecified atom stereocenters. The molecule has 34 heavy (non-hydrogen) atoms. The summed E-state index contributed by atoms with van der Waals surface area (Å²) in [4.78, 5) is 16.4. The molecule has 2 aliphatic rings. The lowest BCUT2D eigenvalue weighted by molar-refractivity contribution is -0.114. The number of aliphatic imine (C=N–C) groups is 1. The van der Waals surface area contributed by atoms with E-state index in [-0.39, 0.29) is 21.0 Å². The first-order valence-corrected chi connectivity index (χ1v) is 12.9. The first-order chi connectivity index (χ1) is 16.3. The first kappa shape index (κ1) is 22.1. The number of fused-ring (bicyclic) bond motifs is 2. The Morgan fingerprint density at radius 2 is 1.79 bits per heavy atom. The van der Waals surface area contributed by atoms with Gasteiger partial charge in [0.1, 0.15) is 12.4 Å². The fraction of sp³-hybridized carbons (Fsp3) is 0.0833. The van der Waals surface area contributed by atoms with Crippen LogP contribution in [0.5, 0.6) is 5.75 Å². The lowest BCUT2D eigenvalue weighted by Gasteiger charge is -2.20. The van der Waals surface area contributed by atoms with Crippen LogP contribution in [0.4, 0.5) is 0 Å². The average molecular weight is 491 g/mol. The van der Waals surface area contributed by atoms with E-state index in [1.165, 1.54) is 6.08 Å². The van der Waals surface area contributed by atoms with Crippen molar-refractivity contribution in [1.29, 1.82) is 5.41 Å². The number of carbonyl (C=O) groups excluding carboxylic acids is 1. The van der Waals surface area contributed by atoms with E-state index < -0.39 is 15.7 Å². The number of sulfone groups is 1. The van der Waals surface area contributed by atoms with Gasteiger partial charge in [-0.25, -0.2) is 8.42 Å². The molecule has 0 bridgehead atoms. The Hall–Kier alpha value is -3.76. The van der Waals surface area contributed by atoms with Crippen molar-refractivity contribution in [2.45, 2.75) is 6.61 Å². The van der Waals surface area contributed by atoms with Crippen LogP contribution in [0.25, 0.3) is 16.8 Å². The molecule has 5 rings (SSSR count). The number of hydrogen-bond acceptors (Lipinski definition) is 7. The van der Waals surface area contributed by atoms with E-state index in [4.69, 9.17) is 10.1 Å². The number of amidine groups is 2. The summed E-state index contributed by atoms with van der Waals surface area (Å²) >= 11 is 0.756. The topological polar surface area (TPSA) is 112 Å². The van der Waals surface area contributed by atoms with Crippen LogP contribution in [0.3, 0.4) is 0 Å². The molecule has 0 saturated heterocycles. The van der Waals surface area contributed by atoms with Crippen LogP contribution in [0.1, 0.15) is 11.1 Å². The number of hydrazone groups is 1. The second-order valence-corrected chi connectivity index (χ2v) is 10.8. The number of nitrogens with one attached hydrogen (secondary N) is 1. The largest absolute Gasteiger partial charge is 0.489 e. The minimum Gasteiger partial charge on any atom is -0.489 e. The molecule has 1 N–H and O–H groups in total. The zero-order valence-electron chi connectivity index (χ0n) is 17.9. The molecule has 8 nitrogen and oxygen atoms in total. The Bertz CT molecular complexity index is 1540. The van der Waals surface area contributed by atoms with Crippen molar-refractivity contribution in [3.8, 4) is 5.75 Å². The van der Waals surface area contributed by atoms with Crippen molar-refractivity contribution in [3.63, 3.8) is 0 Å². The van der Waals surface area contributed by atoms with E-state index in [9.17, 15) is 13.2 Å². The number of carbonyl (C=O) groups is 1. The van der Waals surface area contributed by atoms with E-state index in [1.807, 2.05) is 24.3 Å². The van der Waals surface area contributed by atoms with Crippen molar-refractivity contribution >= 4 is 59.7 Å². The van der Waals surface area contributed by atoms with Crippen molar-refractivity contribution in [3.05, 3.63) is 83.4 Å². The van der Waals surface area contributed by atoms with E-state index in [0.29, 0.717) is 17.9 Å². The highest BCUT2D eigenvalue weighted by molar-refractivity contribution is 8.42. The molecule has 3 aromatic rings. The predicted octanol–water partition coefficient (Wildman–Crippen LogP) is 4.04. The molecule has 0 fully saturated rings. The van der Waals surface area contributed by atoms with Gasteiger partial charge in [-0.1, -0.05) is 54.6 Å². The SMILES string of the molecule is CS(=O)(=O)C1=NN2C(=N)/C(=C/c3ccc(OCc4cccc5ccccc45)cc3)C(=O)N=C2S1. The smallest absolute Gasteiger partial charge is 0.283 e. The van der Waals surface area contributed by atoms with Crippen molar-refractivity contribution in [2.75, 3.05) is 6.26 Å². The molecule has 10 heteroatoms. The lowest BCUT2D eigenvalue weighted by atomic mass is 10.1. The van der Waals surface area contributed by atoms with Gasteiger partial charge in [0.15, 0.2) is 5.84 Å². The van der Waals surface area contributed by atoms with Gasteiger partial charge in [-0.15, -0.1) is 5.10 Å². The fourth-order valence-corrected chi connectivity index (χ4v) is 5.22. The molecule has 3 aromatic carbocycles. The maximum absolute atomic E-state index is 12.5. The third-order valence-corrected chi connectivity index (χ3v) is 7.80. The van der Waals surface area contributed by atoms with Gasteiger partial charge in [0.2, 0.25) is 19.4 Å². The number of nitrogens with zero attached hydrogens (tertiary/aromatic N) is 3. The van der Waals surface area contributed by atoms with Crippen LogP contribution in [-0.4, -0.2) is 41.0 Å². The molecular formula is C24H18N4O4S2. The summed E-state index contributed by atoms with van der Waals surface area (Å²) in [6, 6.07) is 21.3. The van der Waals surface area contributed by atoms with Gasteiger partial charge in [-0.2, -0.15) is 10.0 Å². The standard InChI is InChI=1S/C24H18N4O4S2/c1-34(30,31)24-27-28-21(25)20(22(29)26-23(28)33-24)13-15-9-11-18(12-10-15)32-14-17-7-4-6-16-5-2-3-8-19(16)17/h2-13,25H,14H2,1H3/b20-13-,25-21?. The molecule has 0 aromatic heterocycles. The Kier molecular flexibility index (Phi) is 5.54. The number of hydrogen-bond donors (Lipinski definition) is 1. The summed E-state index contributed by atoms with van der Waals surface area (Å²) in [6.07, 6.45) is 2.54. The summed E-state index contributed by atoms with van der Waals surface area (Å²) in [7, 11) is -3.57. The Balaban J connectivity index is 1.33. The van der Waals surface area contributed by atoms with E-state index in [0.717, 1.165) is 39.4 Å². The molecule has 0 saturated carbocycles. The minimum atomic E-state index is -3.57. The maximum atomic E-state index is 12.5. The zero-order chi connectivity index (χ0) is 23.9. The number of benzene rings is 3. The number of rotatable bonds is 4. The van der Waals surface area contributed by atoms with Gasteiger partial charge in [0.25, 0.3) is 5.91 Å². The summed E-state index contributed by atoms with van der Waals surface area (Å²) in [6.45, 7) is 0.412. The van der Waals surface area contributed by atoms with Crippen molar-refractivity contribution < 1.29 is 17.9 Å². The van der Waals surface area contributed by atoms with Gasteiger partial charge < -0.3 is 4.74 Å². The van der Waals surface area contributed by atoms with Crippen LogP contribution < -0.4 is 4.74 Å². The average Bonchev–Trinajstić information content (AvgIpc) is 3.26. The zero-order valence-corrected chi connectivity index (χ0v) is 19.6. The highest BCUT2D eigenvalue weighted by Gasteiger charge is 2.38. The Labute approximate surface area is 200 Å². The highest BCUT2D eigenvalue weighted by atomic mass is 32.3. The molecule has 0 atom stereocenters. The van der Waals surface area contributed by atoms with Gasteiger partial charge in [0.05, 0.1) is 5.57 Å². The third kappa shape index (κ3) is 4.25. The van der Waals surface area contributed by atoms with Crippen LogP contribution in [0, 0.1) is 5.41 Å². The first-order valence-electron chi connectivity index (χ1n) is 10.2. The number of amides is 1. The molecule has 0 radical (unpaired) electrons. The fourth-order valence-electron chi connectivity index (χ4n) is 3.53. The van der Waals surface area contributed by atoms with Crippen LogP contribution in [-0.2, 0) is 21.2 Å². The summed E-state index contributed by atoms with van der Waals surface area (Å²) in [5.74, 6) is -0.179. The van der Waals surface area contributed by atoms with Crippen LogP contribution in [0.15, 0.2) is 82.4 Å². The minimum absolute atomic E-state index is 0.0206. The quantitative estimate of drug-likeness (QED) is 0.553. The Morgan fingerprint density at radius 1 is 1.06 bits per heavy atom. The second kappa shape index (κ2) is 8.54. The summed E-state index contributed by atoms with van der Waals surface area (Å²) < 4.78 is 29.3. The highest BCUT2D eigenvalue weighted by Crippen LogP contribution is 2.30. The normalized spacial score (nSPS) is 17.1. The van der Waals surface area contributed by atoms with Crippen LogP contribution in [0.2, 0.25) is 0 Å². The van der Waals surface area contributed by atoms with Gasteiger partial charge >= 0.3 is 0 Å².